The van der Waals surface area contributed by atoms with Crippen LogP contribution in [-0.4, -0.2) is 40.1 Å². The van der Waals surface area contributed by atoms with Gasteiger partial charge in [0.15, 0.2) is 0 Å². The highest BCUT2D eigenvalue weighted by Gasteiger charge is 2.42. The van der Waals surface area contributed by atoms with Crippen LogP contribution in [0.5, 0.6) is 0 Å². The summed E-state index contributed by atoms with van der Waals surface area (Å²) in [4.78, 5) is 25.3. The van der Waals surface area contributed by atoms with Gasteiger partial charge in [-0.2, -0.15) is 0 Å². The molecule has 2 heterocycles. The van der Waals surface area contributed by atoms with Crippen molar-refractivity contribution in [2.24, 2.45) is 5.41 Å². The summed E-state index contributed by atoms with van der Waals surface area (Å²) in [5.41, 5.74) is 0.861. The molecule has 1 aliphatic rings. The van der Waals surface area contributed by atoms with E-state index < -0.39 is 11.4 Å². The third-order valence-corrected chi connectivity index (χ3v) is 4.28. The standard InChI is InChI=1S/C15H22N2O4/c1-4-11-10(12(5-2)21-16-11)8-13(18)17-7-6-15(3,9-17)14(19)20/h4-9H2,1-3H3,(H,19,20)/t15-/m1/s1. The third kappa shape index (κ3) is 2.94. The number of aliphatic carboxylic acids is 1. The van der Waals surface area contributed by atoms with Gasteiger partial charge < -0.3 is 14.5 Å². The van der Waals surface area contributed by atoms with Gasteiger partial charge in [-0.25, -0.2) is 0 Å². The van der Waals surface area contributed by atoms with Gasteiger partial charge in [-0.15, -0.1) is 0 Å². The van der Waals surface area contributed by atoms with Crippen LogP contribution in [0.25, 0.3) is 0 Å². The van der Waals surface area contributed by atoms with Crippen LogP contribution in [0, 0.1) is 5.41 Å². The van der Waals surface area contributed by atoms with Gasteiger partial charge in [0, 0.05) is 25.1 Å². The molecule has 1 saturated heterocycles. The lowest BCUT2D eigenvalue weighted by Crippen LogP contribution is -2.35. The number of likely N-dealkylation sites (tertiary alicyclic amines) is 1. The third-order valence-electron chi connectivity index (χ3n) is 4.28. The maximum atomic E-state index is 12.4. The number of amides is 1. The van der Waals surface area contributed by atoms with E-state index in [-0.39, 0.29) is 18.9 Å². The Labute approximate surface area is 124 Å². The first-order chi connectivity index (χ1) is 9.91. The van der Waals surface area contributed by atoms with Crippen LogP contribution in [0.2, 0.25) is 0 Å². The summed E-state index contributed by atoms with van der Waals surface area (Å²) in [6.45, 7) is 6.40. The molecule has 6 heteroatoms. The first-order valence-electron chi connectivity index (χ1n) is 7.38. The number of nitrogens with zero attached hydrogens (tertiary/aromatic N) is 2. The zero-order valence-corrected chi connectivity index (χ0v) is 12.8. The van der Waals surface area contributed by atoms with E-state index in [2.05, 4.69) is 5.16 Å². The van der Waals surface area contributed by atoms with E-state index in [1.807, 2.05) is 13.8 Å². The van der Waals surface area contributed by atoms with E-state index in [9.17, 15) is 14.7 Å². The number of carbonyl (C=O) groups excluding carboxylic acids is 1. The Morgan fingerprint density at radius 3 is 2.62 bits per heavy atom. The summed E-state index contributed by atoms with van der Waals surface area (Å²) in [6.07, 6.45) is 2.16. The fourth-order valence-corrected chi connectivity index (χ4v) is 2.75. The van der Waals surface area contributed by atoms with Gasteiger partial charge in [0.05, 0.1) is 17.5 Å². The lowest BCUT2D eigenvalue weighted by Gasteiger charge is -2.20. The van der Waals surface area contributed by atoms with Crippen LogP contribution in [0.15, 0.2) is 4.52 Å². The summed E-state index contributed by atoms with van der Waals surface area (Å²) >= 11 is 0. The molecule has 1 aromatic heterocycles. The number of hydrogen-bond donors (Lipinski definition) is 1. The van der Waals surface area contributed by atoms with Crippen LogP contribution < -0.4 is 0 Å². The quantitative estimate of drug-likeness (QED) is 0.893. The molecule has 0 spiro atoms. The fraction of sp³-hybridized carbons (Fsp3) is 0.667. The number of carbonyl (C=O) groups is 2. The van der Waals surface area contributed by atoms with E-state index in [0.29, 0.717) is 19.4 Å². The van der Waals surface area contributed by atoms with E-state index in [1.54, 1.807) is 11.8 Å². The average molecular weight is 294 g/mol. The van der Waals surface area contributed by atoms with Crippen molar-refractivity contribution < 1.29 is 19.2 Å². The first-order valence-corrected chi connectivity index (χ1v) is 7.38. The predicted octanol–water partition coefficient (Wildman–Crippen LogP) is 1.67. The molecule has 0 bridgehead atoms. The molecule has 2 rings (SSSR count). The maximum Gasteiger partial charge on any atom is 0.311 e. The second-order valence-electron chi connectivity index (χ2n) is 5.85. The molecule has 0 aliphatic carbocycles. The molecule has 1 aromatic rings. The summed E-state index contributed by atoms with van der Waals surface area (Å²) < 4.78 is 5.26. The van der Waals surface area contributed by atoms with Crippen molar-refractivity contribution in [2.45, 2.75) is 46.5 Å². The molecule has 0 radical (unpaired) electrons. The summed E-state index contributed by atoms with van der Waals surface area (Å²) in [6, 6.07) is 0. The number of rotatable bonds is 5. The van der Waals surface area contributed by atoms with Crippen LogP contribution in [0.3, 0.4) is 0 Å². The Balaban J connectivity index is 2.10. The highest BCUT2D eigenvalue weighted by Crippen LogP contribution is 2.30. The van der Waals surface area contributed by atoms with Crippen molar-refractivity contribution in [1.82, 2.24) is 10.1 Å². The van der Waals surface area contributed by atoms with E-state index in [0.717, 1.165) is 23.4 Å². The van der Waals surface area contributed by atoms with Gasteiger partial charge in [-0.05, 0) is 19.8 Å². The second-order valence-corrected chi connectivity index (χ2v) is 5.85. The van der Waals surface area contributed by atoms with Gasteiger partial charge >= 0.3 is 5.97 Å². The number of carboxylic acid groups (broad SMARTS) is 1. The summed E-state index contributed by atoms with van der Waals surface area (Å²) in [7, 11) is 0. The highest BCUT2D eigenvalue weighted by molar-refractivity contribution is 5.82. The topological polar surface area (TPSA) is 83.6 Å². The largest absolute Gasteiger partial charge is 0.481 e. The Hall–Kier alpha value is -1.85. The van der Waals surface area contributed by atoms with Crippen LogP contribution in [-0.2, 0) is 28.9 Å². The molecular weight excluding hydrogens is 272 g/mol. The molecule has 21 heavy (non-hydrogen) atoms. The summed E-state index contributed by atoms with van der Waals surface area (Å²) in [5.74, 6) is -0.140. The van der Waals surface area contributed by atoms with Crippen LogP contribution in [0.1, 0.15) is 44.2 Å². The second kappa shape index (κ2) is 5.87. The van der Waals surface area contributed by atoms with Gasteiger partial charge in [0.25, 0.3) is 0 Å². The van der Waals surface area contributed by atoms with Gasteiger partial charge in [-0.1, -0.05) is 19.0 Å². The average Bonchev–Trinajstić information content (AvgIpc) is 3.03. The van der Waals surface area contributed by atoms with E-state index >= 15 is 0 Å². The molecule has 0 saturated carbocycles. The zero-order chi connectivity index (χ0) is 15.6. The van der Waals surface area contributed by atoms with E-state index in [1.165, 1.54) is 0 Å². The molecule has 1 atom stereocenters. The highest BCUT2D eigenvalue weighted by atomic mass is 16.5. The molecule has 0 aromatic carbocycles. The molecule has 1 aliphatic heterocycles. The van der Waals surface area contributed by atoms with Crippen molar-refractivity contribution in [2.75, 3.05) is 13.1 Å². The van der Waals surface area contributed by atoms with Crippen molar-refractivity contribution in [3.05, 3.63) is 17.0 Å². The lowest BCUT2D eigenvalue weighted by atomic mass is 9.90. The Kier molecular flexibility index (Phi) is 4.34. The summed E-state index contributed by atoms with van der Waals surface area (Å²) in [5, 5.41) is 13.2. The molecule has 0 unspecified atom stereocenters. The number of aryl methyl sites for hydroxylation is 2. The minimum Gasteiger partial charge on any atom is -0.481 e. The van der Waals surface area contributed by atoms with Crippen molar-refractivity contribution in [3.63, 3.8) is 0 Å². The minimum absolute atomic E-state index is 0.0485. The molecular formula is C15H22N2O4. The normalized spacial score (nSPS) is 21.8. The number of aromatic nitrogens is 1. The molecule has 1 N–H and O–H groups in total. The monoisotopic (exact) mass is 294 g/mol. The van der Waals surface area contributed by atoms with Crippen LogP contribution >= 0.6 is 0 Å². The lowest BCUT2D eigenvalue weighted by molar-refractivity contribution is -0.147. The SMILES string of the molecule is CCc1noc(CC)c1CC(=O)N1CC[C@@](C)(C(=O)O)C1. The van der Waals surface area contributed by atoms with E-state index in [4.69, 9.17) is 4.52 Å². The minimum atomic E-state index is -0.841. The van der Waals surface area contributed by atoms with Crippen LogP contribution in [0.4, 0.5) is 0 Å². The van der Waals surface area contributed by atoms with Crippen molar-refractivity contribution >= 4 is 11.9 Å². The maximum absolute atomic E-state index is 12.4. The first kappa shape index (κ1) is 15.5. The molecule has 6 nitrogen and oxygen atoms in total. The Morgan fingerprint density at radius 2 is 2.10 bits per heavy atom. The number of carboxylic acids is 1. The molecule has 116 valence electrons. The Morgan fingerprint density at radius 1 is 1.38 bits per heavy atom. The van der Waals surface area contributed by atoms with Gasteiger partial charge in [-0.3, -0.25) is 9.59 Å². The van der Waals surface area contributed by atoms with Crippen molar-refractivity contribution in [3.8, 4) is 0 Å². The molecule has 1 amide bonds. The van der Waals surface area contributed by atoms with Crippen molar-refractivity contribution in [1.29, 1.82) is 0 Å². The van der Waals surface area contributed by atoms with Gasteiger partial charge in [0.2, 0.25) is 5.91 Å². The van der Waals surface area contributed by atoms with Gasteiger partial charge in [0.1, 0.15) is 5.76 Å². The zero-order valence-electron chi connectivity index (χ0n) is 12.8. The Bertz CT molecular complexity index is 530. The fourth-order valence-electron chi connectivity index (χ4n) is 2.75. The molecule has 1 fully saturated rings. The number of hydrogen-bond acceptors (Lipinski definition) is 4. The predicted molar refractivity (Wildman–Crippen MR) is 75.9 cm³/mol. The smallest absolute Gasteiger partial charge is 0.311 e.